The molecule has 1 N–H and O–H groups in total. The fourth-order valence-electron chi connectivity index (χ4n) is 5.69. The van der Waals surface area contributed by atoms with Crippen LogP contribution in [-0.4, -0.2) is 77.6 Å². The van der Waals surface area contributed by atoms with Gasteiger partial charge in [0.15, 0.2) is 0 Å². The van der Waals surface area contributed by atoms with Gasteiger partial charge in [-0.15, -0.1) is 0 Å². The maximum atomic E-state index is 14.0. The summed E-state index contributed by atoms with van der Waals surface area (Å²) in [7, 11) is 1.57. The molecule has 3 aromatic rings. The average molecular weight is 531 g/mol. The van der Waals surface area contributed by atoms with E-state index in [0.717, 1.165) is 60.2 Å². The van der Waals surface area contributed by atoms with E-state index in [-0.39, 0.29) is 11.8 Å². The molecule has 2 amide bonds. The number of ether oxygens (including phenoxy) is 1. The third-order valence-electron chi connectivity index (χ3n) is 7.74. The summed E-state index contributed by atoms with van der Waals surface area (Å²) in [6.45, 7) is 5.67. The van der Waals surface area contributed by atoms with Crippen molar-refractivity contribution in [2.24, 2.45) is 0 Å². The summed E-state index contributed by atoms with van der Waals surface area (Å²) < 4.78 is 5.52. The van der Waals surface area contributed by atoms with Gasteiger partial charge in [-0.25, -0.2) is 4.98 Å². The number of aliphatic hydroxyl groups excluding tert-OH is 1. The molecule has 0 radical (unpaired) electrons. The van der Waals surface area contributed by atoms with Crippen LogP contribution in [0.25, 0.3) is 10.9 Å². The Morgan fingerprint density at radius 1 is 1.15 bits per heavy atom. The van der Waals surface area contributed by atoms with E-state index in [9.17, 15) is 14.7 Å². The number of β-amino-alcohol motifs (C(OH)–C–C–N with tert-alkyl or cyclic N) is 1. The highest BCUT2D eigenvalue weighted by atomic mass is 16.5. The van der Waals surface area contributed by atoms with E-state index in [1.165, 1.54) is 0 Å². The maximum Gasteiger partial charge on any atom is 0.257 e. The largest absolute Gasteiger partial charge is 0.496 e. The number of amides is 2. The Bertz CT molecular complexity index is 1340. The van der Waals surface area contributed by atoms with E-state index < -0.39 is 6.10 Å². The summed E-state index contributed by atoms with van der Waals surface area (Å²) in [5, 5.41) is 11.4. The number of aromatic nitrogens is 1. The minimum Gasteiger partial charge on any atom is -0.496 e. The van der Waals surface area contributed by atoms with Gasteiger partial charge in [-0.3, -0.25) is 9.59 Å². The number of rotatable bonds is 9. The van der Waals surface area contributed by atoms with Crippen LogP contribution in [0.4, 0.5) is 5.82 Å². The molecule has 0 saturated carbocycles. The first-order valence-electron chi connectivity index (χ1n) is 14.0. The van der Waals surface area contributed by atoms with Gasteiger partial charge in [0.25, 0.3) is 5.91 Å². The van der Waals surface area contributed by atoms with Gasteiger partial charge in [-0.1, -0.05) is 24.3 Å². The highest BCUT2D eigenvalue weighted by molar-refractivity contribution is 5.97. The van der Waals surface area contributed by atoms with Crippen molar-refractivity contribution in [1.29, 1.82) is 0 Å². The summed E-state index contributed by atoms with van der Waals surface area (Å²) in [5.41, 5.74) is 3.50. The molecule has 2 aromatic carbocycles. The number of aryl methyl sites for hydroxylation is 1. The number of piperidine rings is 1. The molecule has 206 valence electrons. The Labute approximate surface area is 230 Å². The zero-order chi connectivity index (χ0) is 27.4. The normalized spacial score (nSPS) is 17.6. The molecule has 0 aliphatic carbocycles. The fourth-order valence-corrected chi connectivity index (χ4v) is 5.69. The lowest BCUT2D eigenvalue weighted by atomic mass is 10.0. The van der Waals surface area contributed by atoms with E-state index in [2.05, 4.69) is 36.1 Å². The summed E-state index contributed by atoms with van der Waals surface area (Å²) >= 11 is 0. The van der Waals surface area contributed by atoms with Crippen LogP contribution >= 0.6 is 0 Å². The Morgan fingerprint density at radius 3 is 2.77 bits per heavy atom. The van der Waals surface area contributed by atoms with Crippen LogP contribution in [0.15, 0.2) is 48.5 Å². The van der Waals surface area contributed by atoms with Crippen LogP contribution in [0.5, 0.6) is 5.75 Å². The maximum absolute atomic E-state index is 14.0. The van der Waals surface area contributed by atoms with Gasteiger partial charge < -0.3 is 24.5 Å². The second-order valence-corrected chi connectivity index (χ2v) is 10.7. The number of aliphatic hydroxyl groups is 1. The summed E-state index contributed by atoms with van der Waals surface area (Å²) in [6, 6.07) is 15.6. The molecule has 8 nitrogen and oxygen atoms in total. The Balaban J connectivity index is 1.49. The average Bonchev–Trinajstić information content (AvgIpc) is 3.36. The first-order chi connectivity index (χ1) is 18.9. The van der Waals surface area contributed by atoms with E-state index >= 15 is 0 Å². The van der Waals surface area contributed by atoms with Crippen LogP contribution < -0.4 is 9.64 Å². The molecular weight excluding hydrogens is 492 g/mol. The Morgan fingerprint density at radius 2 is 2.00 bits per heavy atom. The summed E-state index contributed by atoms with van der Waals surface area (Å²) in [6.07, 6.45) is 3.47. The van der Waals surface area contributed by atoms with Gasteiger partial charge in [-0.05, 0) is 62.4 Å². The highest BCUT2D eigenvalue weighted by Crippen LogP contribution is 2.29. The number of carbonyl (C=O) groups is 2. The third-order valence-corrected chi connectivity index (χ3v) is 7.74. The number of fused-ring (bicyclic) bond motifs is 1. The van der Waals surface area contributed by atoms with Gasteiger partial charge >= 0.3 is 0 Å². The zero-order valence-electron chi connectivity index (χ0n) is 22.9. The van der Waals surface area contributed by atoms with Crippen molar-refractivity contribution in [2.45, 2.75) is 51.7 Å². The number of nitrogens with zero attached hydrogens (tertiary/aromatic N) is 4. The topological polar surface area (TPSA) is 86.2 Å². The Kier molecular flexibility index (Phi) is 8.31. The van der Waals surface area contributed by atoms with Crippen molar-refractivity contribution in [3.63, 3.8) is 0 Å². The smallest absolute Gasteiger partial charge is 0.257 e. The number of para-hydroxylation sites is 1. The van der Waals surface area contributed by atoms with Gasteiger partial charge in [0.1, 0.15) is 11.6 Å². The SMILES string of the molecule is COc1ccccc1C(=O)N(CCCN1CCCC1=O)Cc1cc2ccc(C)cc2nc1N1CCCC(O)C1. The lowest BCUT2D eigenvalue weighted by Crippen LogP contribution is -2.40. The molecule has 1 atom stereocenters. The number of anilines is 1. The van der Waals surface area contributed by atoms with Crippen molar-refractivity contribution in [3.8, 4) is 5.75 Å². The molecule has 2 aliphatic heterocycles. The second-order valence-electron chi connectivity index (χ2n) is 10.7. The van der Waals surface area contributed by atoms with Crippen molar-refractivity contribution in [1.82, 2.24) is 14.8 Å². The standard InChI is InChI=1S/C31H38N4O4/c1-22-12-13-23-19-24(30(32-27(23)18-22)34-15-5-8-25(36)21-34)20-35(17-7-16-33-14-6-11-29(33)37)31(38)26-9-3-4-10-28(26)39-2/h3-4,9-10,12-13,18-19,25,36H,5-8,11,14-17,20-21H2,1-2H3. The van der Waals surface area contributed by atoms with Crippen LogP contribution in [0, 0.1) is 6.92 Å². The quantitative estimate of drug-likeness (QED) is 0.447. The van der Waals surface area contributed by atoms with Gasteiger partial charge in [0, 0.05) is 56.6 Å². The zero-order valence-corrected chi connectivity index (χ0v) is 22.9. The molecule has 1 unspecified atom stereocenters. The van der Waals surface area contributed by atoms with Crippen molar-refractivity contribution >= 4 is 28.5 Å². The van der Waals surface area contributed by atoms with E-state index in [1.54, 1.807) is 19.2 Å². The first kappa shape index (κ1) is 26.9. The minimum absolute atomic E-state index is 0.117. The van der Waals surface area contributed by atoms with Crippen molar-refractivity contribution in [3.05, 3.63) is 65.2 Å². The summed E-state index contributed by atoms with van der Waals surface area (Å²) in [4.78, 5) is 37.1. The lowest BCUT2D eigenvalue weighted by molar-refractivity contribution is -0.127. The number of carbonyl (C=O) groups excluding carboxylic acids is 2. The summed E-state index contributed by atoms with van der Waals surface area (Å²) in [5.74, 6) is 1.43. The highest BCUT2D eigenvalue weighted by Gasteiger charge is 2.26. The monoisotopic (exact) mass is 530 g/mol. The number of methoxy groups -OCH3 is 1. The number of pyridine rings is 1. The van der Waals surface area contributed by atoms with Crippen molar-refractivity contribution in [2.75, 3.05) is 44.7 Å². The predicted octanol–water partition coefficient (Wildman–Crippen LogP) is 4.17. The number of hydrogen-bond acceptors (Lipinski definition) is 6. The van der Waals surface area contributed by atoms with Crippen LogP contribution in [0.2, 0.25) is 0 Å². The molecule has 8 heteroatoms. The lowest BCUT2D eigenvalue weighted by Gasteiger charge is -2.34. The molecular formula is C31H38N4O4. The Hall–Kier alpha value is -3.65. The predicted molar refractivity (Wildman–Crippen MR) is 152 cm³/mol. The molecule has 39 heavy (non-hydrogen) atoms. The second kappa shape index (κ2) is 12.0. The van der Waals surface area contributed by atoms with Crippen molar-refractivity contribution < 1.29 is 19.4 Å². The fraction of sp³-hybridized carbons (Fsp3) is 0.452. The minimum atomic E-state index is -0.397. The van der Waals surface area contributed by atoms with Crippen LogP contribution in [0.1, 0.15) is 53.6 Å². The number of benzene rings is 2. The molecule has 3 heterocycles. The van der Waals surface area contributed by atoms with Gasteiger partial charge in [-0.2, -0.15) is 0 Å². The molecule has 1 aromatic heterocycles. The van der Waals surface area contributed by atoms with E-state index in [1.807, 2.05) is 21.9 Å². The number of likely N-dealkylation sites (tertiary alicyclic amines) is 1. The first-order valence-corrected chi connectivity index (χ1v) is 14.0. The number of hydrogen-bond donors (Lipinski definition) is 1. The van der Waals surface area contributed by atoms with E-state index in [0.29, 0.717) is 50.3 Å². The molecule has 2 fully saturated rings. The molecule has 0 spiro atoms. The van der Waals surface area contributed by atoms with Crippen LogP contribution in [-0.2, 0) is 11.3 Å². The molecule has 2 saturated heterocycles. The molecule has 2 aliphatic rings. The van der Waals surface area contributed by atoms with Gasteiger partial charge in [0.2, 0.25) is 5.91 Å². The van der Waals surface area contributed by atoms with Gasteiger partial charge in [0.05, 0.1) is 24.3 Å². The van der Waals surface area contributed by atoms with E-state index in [4.69, 9.17) is 9.72 Å². The molecule has 0 bridgehead atoms. The van der Waals surface area contributed by atoms with Crippen LogP contribution in [0.3, 0.4) is 0 Å². The third kappa shape index (κ3) is 6.17. The molecule has 5 rings (SSSR count).